The highest BCUT2D eigenvalue weighted by Crippen LogP contribution is 2.44. The number of aliphatic hydroxyl groups is 5. The summed E-state index contributed by atoms with van der Waals surface area (Å²) in [5.74, 6) is -5.51. The summed E-state index contributed by atoms with van der Waals surface area (Å²) in [4.78, 5) is 38.4. The van der Waals surface area contributed by atoms with Crippen molar-refractivity contribution in [2.45, 2.75) is 110 Å². The first-order valence-corrected chi connectivity index (χ1v) is 19.5. The maximum atomic E-state index is 13.3. The minimum Gasteiger partial charge on any atom is -0.507 e. The van der Waals surface area contributed by atoms with Gasteiger partial charge in [0.2, 0.25) is 11.7 Å². The summed E-state index contributed by atoms with van der Waals surface area (Å²) in [6.07, 6.45) is 13.0. The van der Waals surface area contributed by atoms with Crippen LogP contribution in [0, 0.1) is 17.3 Å². The van der Waals surface area contributed by atoms with Crippen LogP contribution in [0.4, 0.5) is 0 Å². The van der Waals surface area contributed by atoms with Crippen molar-refractivity contribution in [2.24, 2.45) is 24.3 Å². The van der Waals surface area contributed by atoms with Crippen LogP contribution in [0.25, 0.3) is 0 Å². The molecule has 320 valence electrons. The number of Topliss-reactive ketones (excluding diaryl/α,β-unsaturated/α-hetero) is 1. The van der Waals surface area contributed by atoms with E-state index in [4.69, 9.17) is 14.2 Å². The van der Waals surface area contributed by atoms with Gasteiger partial charge in [0.25, 0.3) is 5.56 Å². The molecule has 3 heterocycles. The highest BCUT2D eigenvalue weighted by molar-refractivity contribution is 6.09. The van der Waals surface area contributed by atoms with Crippen LogP contribution in [0.5, 0.6) is 5.75 Å². The number of ether oxygens (including phenoxy) is 3. The Bertz CT molecular complexity index is 1860. The number of aliphatic hydroxyl groups excluding tert-OH is 4. The van der Waals surface area contributed by atoms with Crippen molar-refractivity contribution in [3.05, 3.63) is 112 Å². The Hall–Kier alpha value is -4.25. The number of aryl methyl sites for hydroxylation is 1. The third kappa shape index (κ3) is 10.9. The lowest BCUT2D eigenvalue weighted by Crippen LogP contribution is -2.69. The van der Waals surface area contributed by atoms with Crippen LogP contribution in [0.3, 0.4) is 0 Å². The smallest absolute Gasteiger partial charge is 0.265 e. The molecule has 1 amide bonds. The monoisotopic (exact) mass is 810 g/mol. The number of nitrogens with zero attached hydrogens (tertiary/aromatic N) is 1. The van der Waals surface area contributed by atoms with Crippen molar-refractivity contribution in [1.29, 1.82) is 0 Å². The molecule has 0 aromatic carbocycles. The molecule has 2 aliphatic heterocycles. The van der Waals surface area contributed by atoms with Gasteiger partial charge in [-0.25, -0.2) is 0 Å². The number of carbonyl (C=O) groups is 2. The minimum absolute atomic E-state index is 0.0818. The van der Waals surface area contributed by atoms with Crippen LogP contribution >= 0.6 is 0 Å². The van der Waals surface area contributed by atoms with Gasteiger partial charge >= 0.3 is 0 Å². The number of ketones is 1. The molecule has 0 radical (unpaired) electrons. The van der Waals surface area contributed by atoms with E-state index in [1.807, 2.05) is 26.8 Å². The van der Waals surface area contributed by atoms with E-state index in [-0.39, 0.29) is 24.1 Å². The maximum absolute atomic E-state index is 13.3. The summed E-state index contributed by atoms with van der Waals surface area (Å²) in [5.41, 5.74) is -0.881. The second-order valence-corrected chi connectivity index (χ2v) is 15.5. The molecule has 0 aliphatic carbocycles. The standard InChI is InChI=1S/C44H62N2O12/c1-10-12-14-22-32-43(6,7)39(51)40(52)44(55,58-32)29(11-2)41(53)45-24-18-17-20-27(4)37(56-9)28(5)38-36(50)35(49)31(57-38)21-16-13-15-19-26(3)34(48)33-30(47)23-25-46(8)42(33)54/h10,12-23,25,28-29,31-32,35-40,47,49-52,55H,11,24H2,1-9H3,(H,45,53)/b12-10?,15-13?,18-17?,21-16-,22-14?,26-19?,27-20?/t28?,29-,31?,32?,35+,36+,37+,38?,39?,40?,44?/m1/s1. The second kappa shape index (κ2) is 21.1. The summed E-state index contributed by atoms with van der Waals surface area (Å²) < 4.78 is 19.0. The summed E-state index contributed by atoms with van der Waals surface area (Å²) in [5, 5.41) is 68.0. The van der Waals surface area contributed by atoms with Gasteiger partial charge in [0.05, 0.1) is 30.3 Å². The van der Waals surface area contributed by atoms with Crippen LogP contribution in [0.2, 0.25) is 0 Å². The Morgan fingerprint density at radius 2 is 1.67 bits per heavy atom. The van der Waals surface area contributed by atoms with Crippen LogP contribution in [0.1, 0.15) is 65.2 Å². The molecule has 7 N–H and O–H groups in total. The number of methoxy groups -OCH3 is 1. The highest BCUT2D eigenvalue weighted by atomic mass is 16.7. The number of aromatic nitrogens is 1. The predicted molar refractivity (Wildman–Crippen MR) is 220 cm³/mol. The van der Waals surface area contributed by atoms with E-state index >= 15 is 0 Å². The zero-order chi connectivity index (χ0) is 43.5. The molecule has 0 saturated carbocycles. The third-order valence-corrected chi connectivity index (χ3v) is 11.0. The first-order valence-electron chi connectivity index (χ1n) is 19.5. The SMILES string of the molecule is CC=CC=CC1OC(O)([C@H](CC)C(=O)NCC=CC=C(C)[C@H](OC)C(C)C2OC(/C=C\C=CC=C(C)C(=O)c3c(O)ccn(C)c3=O)[C@H](O)[C@@H]2O)C(O)C(O)C1(C)C. The molecule has 14 nitrogen and oxygen atoms in total. The van der Waals surface area contributed by atoms with Crippen molar-refractivity contribution in [2.75, 3.05) is 13.7 Å². The van der Waals surface area contributed by atoms with E-state index in [0.29, 0.717) is 0 Å². The number of amides is 1. The molecular formula is C44H62N2O12. The number of hydrogen-bond donors (Lipinski definition) is 7. The molecule has 14 heteroatoms. The van der Waals surface area contributed by atoms with Gasteiger partial charge in [-0.1, -0.05) is 101 Å². The lowest BCUT2D eigenvalue weighted by molar-refractivity contribution is -0.359. The molecule has 2 saturated heterocycles. The molecule has 11 atom stereocenters. The average Bonchev–Trinajstić information content (AvgIpc) is 3.46. The van der Waals surface area contributed by atoms with Gasteiger partial charge in [0.15, 0.2) is 5.78 Å². The first kappa shape index (κ1) is 48.1. The van der Waals surface area contributed by atoms with E-state index < -0.39 is 94.9 Å². The predicted octanol–water partition coefficient (Wildman–Crippen LogP) is 3.09. The van der Waals surface area contributed by atoms with E-state index in [1.54, 1.807) is 81.5 Å². The number of aromatic hydroxyl groups is 1. The number of rotatable bonds is 17. The van der Waals surface area contributed by atoms with E-state index in [2.05, 4.69) is 5.32 Å². The molecule has 1 aromatic rings. The summed E-state index contributed by atoms with van der Waals surface area (Å²) in [7, 11) is 3.01. The van der Waals surface area contributed by atoms with Gasteiger partial charge in [-0.3, -0.25) is 14.4 Å². The van der Waals surface area contributed by atoms with E-state index in [9.17, 15) is 45.0 Å². The summed E-state index contributed by atoms with van der Waals surface area (Å²) in [6.45, 7) is 12.2. The van der Waals surface area contributed by atoms with Crippen molar-refractivity contribution in [3.63, 3.8) is 0 Å². The fourth-order valence-corrected chi connectivity index (χ4v) is 7.27. The van der Waals surface area contributed by atoms with Crippen molar-refractivity contribution in [3.8, 4) is 5.75 Å². The maximum Gasteiger partial charge on any atom is 0.265 e. The lowest BCUT2D eigenvalue weighted by Gasteiger charge is -2.53. The number of allylic oxidation sites excluding steroid dienone is 10. The fourth-order valence-electron chi connectivity index (χ4n) is 7.27. The van der Waals surface area contributed by atoms with Crippen molar-refractivity contribution < 1.29 is 54.4 Å². The van der Waals surface area contributed by atoms with Gasteiger partial charge in [-0.2, -0.15) is 0 Å². The quantitative estimate of drug-likeness (QED) is 0.0687. The van der Waals surface area contributed by atoms with Crippen LogP contribution in [-0.4, -0.2) is 115 Å². The second-order valence-electron chi connectivity index (χ2n) is 15.5. The Labute approximate surface area is 340 Å². The molecule has 7 unspecified atom stereocenters. The van der Waals surface area contributed by atoms with Gasteiger partial charge in [-0.05, 0) is 44.4 Å². The fraction of sp³-hybridized carbons (Fsp3) is 0.523. The van der Waals surface area contributed by atoms with E-state index in [1.165, 1.54) is 44.0 Å². The van der Waals surface area contributed by atoms with Crippen LogP contribution in [-0.2, 0) is 26.1 Å². The Morgan fingerprint density at radius 1 is 1.00 bits per heavy atom. The zero-order valence-corrected chi connectivity index (χ0v) is 34.9. The number of hydrogen-bond acceptors (Lipinski definition) is 12. The van der Waals surface area contributed by atoms with E-state index in [0.717, 1.165) is 5.57 Å². The van der Waals surface area contributed by atoms with Crippen molar-refractivity contribution in [1.82, 2.24) is 9.88 Å². The van der Waals surface area contributed by atoms with Crippen molar-refractivity contribution >= 4 is 11.7 Å². The van der Waals surface area contributed by atoms with Gasteiger partial charge in [0, 0.05) is 38.2 Å². The molecule has 58 heavy (non-hydrogen) atoms. The van der Waals surface area contributed by atoms with Crippen LogP contribution in [0.15, 0.2) is 101 Å². The van der Waals surface area contributed by atoms with Gasteiger partial charge < -0.3 is 54.7 Å². The number of nitrogens with one attached hydrogen (secondary N) is 1. The Kier molecular flexibility index (Phi) is 17.5. The zero-order valence-electron chi connectivity index (χ0n) is 34.9. The lowest BCUT2D eigenvalue weighted by atomic mass is 9.71. The third-order valence-electron chi connectivity index (χ3n) is 11.0. The van der Waals surface area contributed by atoms with Gasteiger partial charge in [0.1, 0.15) is 35.7 Å². The average molecular weight is 811 g/mol. The normalized spacial score (nSPS) is 29.9. The molecule has 3 rings (SSSR count). The Balaban J connectivity index is 1.61. The minimum atomic E-state index is -2.34. The molecule has 0 bridgehead atoms. The molecule has 0 spiro atoms. The Morgan fingerprint density at radius 3 is 2.31 bits per heavy atom. The number of carbonyl (C=O) groups excluding carboxylic acids is 2. The first-order chi connectivity index (χ1) is 27.3. The largest absolute Gasteiger partial charge is 0.507 e. The van der Waals surface area contributed by atoms with Crippen LogP contribution < -0.4 is 10.9 Å². The molecular weight excluding hydrogens is 748 g/mol. The summed E-state index contributed by atoms with van der Waals surface area (Å²) in [6, 6.07) is 1.27. The molecule has 2 aliphatic rings. The highest BCUT2D eigenvalue weighted by Gasteiger charge is 2.60. The topological polar surface area (TPSA) is 217 Å². The van der Waals surface area contributed by atoms with Gasteiger partial charge in [-0.15, -0.1) is 0 Å². The molecule has 2 fully saturated rings. The number of pyridine rings is 1. The molecule has 1 aromatic heterocycles. The summed E-state index contributed by atoms with van der Waals surface area (Å²) >= 11 is 0.